The van der Waals surface area contributed by atoms with Crippen LogP contribution in [0.3, 0.4) is 0 Å². The minimum Gasteiger partial charge on any atom is -0.376 e. The minimum atomic E-state index is -4.51. The molecule has 3 nitrogen and oxygen atoms in total. The number of thioether (sulfide) groups is 1. The molecule has 1 aromatic rings. The quantitative estimate of drug-likeness (QED) is 0.387. The lowest BCUT2D eigenvalue weighted by atomic mass is 9.78. The maximum atomic E-state index is 14.3. The van der Waals surface area contributed by atoms with Gasteiger partial charge in [-0.2, -0.15) is 26.3 Å². The molecule has 35 heavy (non-hydrogen) atoms. The molecule has 1 aliphatic heterocycles. The highest BCUT2D eigenvalue weighted by Gasteiger charge is 2.58. The Morgan fingerprint density at radius 1 is 1.20 bits per heavy atom. The largest absolute Gasteiger partial charge is 0.405 e. The van der Waals surface area contributed by atoms with Crippen molar-refractivity contribution in [2.45, 2.75) is 37.5 Å². The van der Waals surface area contributed by atoms with Crippen molar-refractivity contribution in [3.63, 3.8) is 0 Å². The van der Waals surface area contributed by atoms with E-state index in [1.165, 1.54) is 12.1 Å². The number of nitrogens with zero attached hydrogens (tertiary/aromatic N) is 1. The molecule has 3 rings (SSSR count). The van der Waals surface area contributed by atoms with Gasteiger partial charge in [-0.15, -0.1) is 11.8 Å². The molecule has 12 heteroatoms. The van der Waals surface area contributed by atoms with Crippen LogP contribution in [0.1, 0.15) is 24.0 Å². The maximum Gasteiger partial charge on any atom is 0.405 e. The van der Waals surface area contributed by atoms with E-state index in [0.717, 1.165) is 11.8 Å². The van der Waals surface area contributed by atoms with Crippen LogP contribution in [0.15, 0.2) is 52.1 Å². The van der Waals surface area contributed by atoms with Gasteiger partial charge in [-0.3, -0.25) is 4.79 Å². The molecule has 0 bridgehead atoms. The number of hydrogen-bond acceptors (Lipinski definition) is 3. The lowest BCUT2D eigenvalue weighted by Gasteiger charge is -2.32. The summed E-state index contributed by atoms with van der Waals surface area (Å²) in [6.07, 6.45) is -3.85. The Kier molecular flexibility index (Phi) is 8.49. The van der Waals surface area contributed by atoms with Crippen molar-refractivity contribution < 1.29 is 31.1 Å². The second-order valence-corrected chi connectivity index (χ2v) is 10.3. The van der Waals surface area contributed by atoms with Gasteiger partial charge in [0.2, 0.25) is 5.91 Å². The van der Waals surface area contributed by atoms with Gasteiger partial charge in [0.15, 0.2) is 0 Å². The van der Waals surface area contributed by atoms with E-state index in [2.05, 4.69) is 0 Å². The molecule has 1 heterocycles. The molecule has 1 atom stereocenters. The molecule has 2 aliphatic rings. The predicted octanol–water partition coefficient (Wildman–Crippen LogP) is 6.86. The highest BCUT2D eigenvalue weighted by molar-refractivity contribution is 8.04. The van der Waals surface area contributed by atoms with Crippen molar-refractivity contribution in [2.75, 3.05) is 25.4 Å². The van der Waals surface area contributed by atoms with Crippen molar-refractivity contribution in [1.29, 1.82) is 0 Å². The van der Waals surface area contributed by atoms with Gasteiger partial charge in [0.05, 0.1) is 10.8 Å². The van der Waals surface area contributed by atoms with Crippen LogP contribution in [0.5, 0.6) is 0 Å². The van der Waals surface area contributed by atoms with Crippen molar-refractivity contribution in [2.24, 2.45) is 0 Å². The zero-order chi connectivity index (χ0) is 26.0. The summed E-state index contributed by atoms with van der Waals surface area (Å²) >= 11 is 13.2. The zero-order valence-electron chi connectivity index (χ0n) is 18.5. The third-order valence-corrected chi connectivity index (χ3v) is 7.44. The van der Waals surface area contributed by atoms with E-state index in [9.17, 15) is 31.1 Å². The summed E-state index contributed by atoms with van der Waals surface area (Å²) in [6, 6.07) is 4.48. The molecule has 1 fully saturated rings. The fourth-order valence-electron chi connectivity index (χ4n) is 4.03. The summed E-state index contributed by atoms with van der Waals surface area (Å²) < 4.78 is 79.6. The topological polar surface area (TPSA) is 32.3 Å². The van der Waals surface area contributed by atoms with Gasteiger partial charge >= 0.3 is 12.4 Å². The van der Waals surface area contributed by atoms with Gasteiger partial charge < -0.3 is 10.2 Å². The number of carbonyl (C=O) groups is 1. The van der Waals surface area contributed by atoms with Crippen LogP contribution in [0.25, 0.3) is 0 Å². The molecule has 0 radical (unpaired) electrons. The van der Waals surface area contributed by atoms with Gasteiger partial charge in [0.25, 0.3) is 0 Å². The van der Waals surface area contributed by atoms with Gasteiger partial charge in [0.1, 0.15) is 12.0 Å². The number of halogens is 8. The number of benzene rings is 1. The highest BCUT2D eigenvalue weighted by atomic mass is 35.5. The van der Waals surface area contributed by atoms with Crippen molar-refractivity contribution in [1.82, 2.24) is 10.2 Å². The van der Waals surface area contributed by atoms with Crippen LogP contribution >= 0.6 is 35.0 Å². The number of allylic oxidation sites excluding steroid dienone is 4. The van der Waals surface area contributed by atoms with Crippen LogP contribution in [-0.4, -0.2) is 48.5 Å². The first-order chi connectivity index (χ1) is 16.2. The van der Waals surface area contributed by atoms with Crippen molar-refractivity contribution in [3.05, 3.63) is 68.2 Å². The number of amides is 1. The summed E-state index contributed by atoms with van der Waals surface area (Å²) in [7, 11) is 0. The van der Waals surface area contributed by atoms with Crippen molar-refractivity contribution >= 4 is 40.9 Å². The second-order valence-electron chi connectivity index (χ2n) is 8.47. The van der Waals surface area contributed by atoms with Crippen LogP contribution in [0.4, 0.5) is 26.3 Å². The van der Waals surface area contributed by atoms with E-state index < -0.39 is 30.2 Å². The van der Waals surface area contributed by atoms with Gasteiger partial charge in [-0.1, -0.05) is 35.3 Å². The Hall–Kier alpha value is -1.78. The predicted molar refractivity (Wildman–Crippen MR) is 126 cm³/mol. The SMILES string of the molecule is Cc1cc(Cl)cc(C2(C(F)(F)F)CCN(/C=C3\C=C(SCC(=O)NCC(F)(F)F)C(Cl)=CC3)C2)c1. The summed E-state index contributed by atoms with van der Waals surface area (Å²) in [5.74, 6) is -1.09. The molecule has 1 N–H and O–H groups in total. The van der Waals surface area contributed by atoms with Crippen LogP contribution < -0.4 is 5.32 Å². The van der Waals surface area contributed by atoms with Crippen LogP contribution in [0.2, 0.25) is 5.02 Å². The number of aryl methyl sites for hydroxylation is 1. The first kappa shape index (κ1) is 27.8. The first-order valence-electron chi connectivity index (χ1n) is 10.5. The number of nitrogens with one attached hydrogen (secondary N) is 1. The minimum absolute atomic E-state index is 0.124. The van der Waals surface area contributed by atoms with Crippen LogP contribution in [-0.2, 0) is 10.2 Å². The molecule has 0 aromatic heterocycles. The Morgan fingerprint density at radius 2 is 1.91 bits per heavy atom. The standard InChI is InChI=1S/C23H22Cl2F6N2OS/c1-14-6-16(9-17(24)7-14)21(23(29,30)31)4-5-33(13-21)10-15-2-3-18(25)19(8-15)35-11-20(34)32-12-22(26,27)28/h3,6-10H,2,4-5,11-13H2,1H3,(H,32,34)/b15-10-. The lowest BCUT2D eigenvalue weighted by Crippen LogP contribution is -2.44. The molecule has 1 aliphatic carbocycles. The highest BCUT2D eigenvalue weighted by Crippen LogP contribution is 2.48. The maximum absolute atomic E-state index is 14.3. The lowest BCUT2D eigenvalue weighted by molar-refractivity contribution is -0.186. The second kappa shape index (κ2) is 10.7. The molecular formula is C23H22Cl2F6N2OS. The molecule has 0 saturated carbocycles. The smallest absolute Gasteiger partial charge is 0.376 e. The monoisotopic (exact) mass is 558 g/mol. The number of likely N-dealkylation sites (tertiary alicyclic amines) is 1. The summed E-state index contributed by atoms with van der Waals surface area (Å²) in [5.41, 5.74) is -0.629. The Morgan fingerprint density at radius 3 is 2.54 bits per heavy atom. The van der Waals surface area contributed by atoms with E-state index in [4.69, 9.17) is 23.2 Å². The van der Waals surface area contributed by atoms with E-state index in [0.29, 0.717) is 27.5 Å². The Balaban J connectivity index is 1.74. The van der Waals surface area contributed by atoms with E-state index in [-0.39, 0.29) is 35.8 Å². The number of rotatable bonds is 6. The van der Waals surface area contributed by atoms with E-state index >= 15 is 0 Å². The molecule has 0 spiro atoms. The number of hydrogen-bond donors (Lipinski definition) is 1. The third-order valence-electron chi connectivity index (χ3n) is 5.70. The zero-order valence-corrected chi connectivity index (χ0v) is 20.8. The van der Waals surface area contributed by atoms with Gasteiger partial charge in [-0.05, 0) is 54.7 Å². The van der Waals surface area contributed by atoms with Gasteiger partial charge in [0, 0.05) is 29.2 Å². The summed E-state index contributed by atoms with van der Waals surface area (Å²) in [5, 5.41) is 2.36. The fraction of sp³-hybridized carbons (Fsp3) is 0.435. The van der Waals surface area contributed by atoms with Crippen LogP contribution in [0, 0.1) is 6.92 Å². The Labute approximate surface area is 213 Å². The molecule has 1 unspecified atom stereocenters. The molecule has 192 valence electrons. The normalized spacial score (nSPS) is 22.3. The Bertz CT molecular complexity index is 1050. The third kappa shape index (κ3) is 7.13. The molecular weight excluding hydrogens is 537 g/mol. The molecule has 1 saturated heterocycles. The molecule has 1 amide bonds. The average molecular weight is 559 g/mol. The molecule has 1 aromatic carbocycles. The van der Waals surface area contributed by atoms with E-state index in [1.54, 1.807) is 41.6 Å². The average Bonchev–Trinajstić information content (AvgIpc) is 3.17. The number of alkyl halides is 6. The summed E-state index contributed by atoms with van der Waals surface area (Å²) in [4.78, 5) is 13.7. The first-order valence-corrected chi connectivity index (χ1v) is 12.3. The van der Waals surface area contributed by atoms with E-state index in [1.807, 2.05) is 0 Å². The fourth-order valence-corrected chi connectivity index (χ4v) is 5.45. The van der Waals surface area contributed by atoms with Crippen molar-refractivity contribution in [3.8, 4) is 0 Å². The number of carbonyl (C=O) groups excluding carboxylic acids is 1. The van der Waals surface area contributed by atoms with Gasteiger partial charge in [-0.25, -0.2) is 0 Å². The summed E-state index contributed by atoms with van der Waals surface area (Å²) in [6.45, 7) is 0.150.